The summed E-state index contributed by atoms with van der Waals surface area (Å²) < 4.78 is 5.21. The Labute approximate surface area is 110 Å². The van der Waals surface area contributed by atoms with Crippen LogP contribution < -0.4 is 0 Å². The van der Waals surface area contributed by atoms with E-state index in [-0.39, 0.29) is 18.4 Å². The molecule has 90 valence electrons. The van der Waals surface area contributed by atoms with E-state index in [9.17, 15) is 4.79 Å². The van der Waals surface area contributed by atoms with Crippen LogP contribution in [0.1, 0.15) is 37.0 Å². The first kappa shape index (κ1) is 15.4. The smallest absolute Gasteiger partial charge is 0.357 e. The Morgan fingerprint density at radius 1 is 1.44 bits per heavy atom. The van der Waals surface area contributed by atoms with E-state index in [1.807, 2.05) is 26.8 Å². The number of carbonyl (C=O) groups is 1. The second-order valence-electron chi connectivity index (χ2n) is 4.15. The van der Waals surface area contributed by atoms with E-state index in [4.69, 9.17) is 4.74 Å². The fraction of sp³-hybridized carbons (Fsp3) is 0.455. The highest BCUT2D eigenvalue weighted by Gasteiger charge is 2.18. The van der Waals surface area contributed by atoms with Crippen molar-refractivity contribution in [1.29, 1.82) is 0 Å². The number of esters is 1. The van der Waals surface area contributed by atoms with Gasteiger partial charge in [-0.1, -0.05) is 22.0 Å². The summed E-state index contributed by atoms with van der Waals surface area (Å²) in [5.41, 5.74) is 0.684. The van der Waals surface area contributed by atoms with Crippen LogP contribution in [0.3, 0.4) is 0 Å². The maximum absolute atomic E-state index is 11.6. The molecule has 0 radical (unpaired) electrons. The fourth-order valence-electron chi connectivity index (χ4n) is 0.998. The third-order valence-electron chi connectivity index (χ3n) is 1.55. The normalized spacial score (nSPS) is 10.5. The zero-order valence-corrected chi connectivity index (χ0v) is 11.9. The number of aromatic nitrogens is 1. The van der Waals surface area contributed by atoms with Gasteiger partial charge in [-0.25, -0.2) is 9.78 Å². The van der Waals surface area contributed by atoms with Crippen molar-refractivity contribution in [1.82, 2.24) is 4.98 Å². The number of carbonyl (C=O) groups excluding carboxylic acids is 1. The second-order valence-corrected chi connectivity index (χ2v) is 4.71. The molecule has 1 heterocycles. The Hall–Kier alpha value is -0.610. The van der Waals surface area contributed by atoms with Gasteiger partial charge in [0, 0.05) is 5.33 Å². The standard InChI is InChI=1S/C11H14BrNO2.ClH/c1-11(2,3)15-10(14)9-6-4-5-8(7-12)13-9;/h4-6H,7H2,1-3H3;1H. The number of rotatable bonds is 2. The van der Waals surface area contributed by atoms with Gasteiger partial charge in [-0.3, -0.25) is 0 Å². The van der Waals surface area contributed by atoms with Gasteiger partial charge in [0.1, 0.15) is 11.3 Å². The minimum atomic E-state index is -0.483. The van der Waals surface area contributed by atoms with Crippen LogP contribution in [-0.2, 0) is 10.1 Å². The molecule has 0 saturated carbocycles. The van der Waals surface area contributed by atoms with Crippen molar-refractivity contribution in [2.75, 3.05) is 0 Å². The summed E-state index contributed by atoms with van der Waals surface area (Å²) >= 11 is 3.29. The molecule has 0 aliphatic rings. The maximum Gasteiger partial charge on any atom is 0.357 e. The van der Waals surface area contributed by atoms with Crippen molar-refractivity contribution in [2.24, 2.45) is 0 Å². The lowest BCUT2D eigenvalue weighted by Crippen LogP contribution is -2.24. The van der Waals surface area contributed by atoms with Crippen LogP contribution in [0.15, 0.2) is 18.2 Å². The summed E-state index contributed by atoms with van der Waals surface area (Å²) in [6, 6.07) is 5.30. The average Bonchev–Trinajstić information content (AvgIpc) is 2.15. The summed E-state index contributed by atoms with van der Waals surface area (Å²) in [6.45, 7) is 5.50. The van der Waals surface area contributed by atoms with Crippen LogP contribution in [0.2, 0.25) is 0 Å². The number of alkyl halides is 1. The predicted molar refractivity (Wildman–Crippen MR) is 69.3 cm³/mol. The number of pyridine rings is 1. The van der Waals surface area contributed by atoms with Crippen LogP contribution in [0, 0.1) is 0 Å². The van der Waals surface area contributed by atoms with Gasteiger partial charge in [0.05, 0.1) is 5.69 Å². The molecule has 3 nitrogen and oxygen atoms in total. The van der Waals surface area contributed by atoms with Gasteiger partial charge < -0.3 is 4.74 Å². The number of hydrogen-bond acceptors (Lipinski definition) is 3. The molecule has 1 rings (SSSR count). The van der Waals surface area contributed by atoms with E-state index in [0.29, 0.717) is 11.0 Å². The van der Waals surface area contributed by atoms with Gasteiger partial charge in [-0.15, -0.1) is 12.4 Å². The molecule has 1 aromatic heterocycles. The van der Waals surface area contributed by atoms with Crippen LogP contribution in [0.5, 0.6) is 0 Å². The van der Waals surface area contributed by atoms with Crippen LogP contribution >= 0.6 is 28.3 Å². The minimum Gasteiger partial charge on any atom is -0.455 e. The van der Waals surface area contributed by atoms with E-state index >= 15 is 0 Å². The lowest BCUT2D eigenvalue weighted by atomic mass is 10.2. The van der Waals surface area contributed by atoms with E-state index in [0.717, 1.165) is 5.69 Å². The zero-order valence-electron chi connectivity index (χ0n) is 9.49. The Bertz CT molecular complexity index is 363. The SMILES string of the molecule is CC(C)(C)OC(=O)c1cccc(CBr)n1.Cl. The van der Waals surface area contributed by atoms with Gasteiger partial charge >= 0.3 is 5.97 Å². The first-order valence-electron chi connectivity index (χ1n) is 4.67. The third-order valence-corrected chi connectivity index (χ3v) is 2.13. The molecular weight excluding hydrogens is 293 g/mol. The summed E-state index contributed by atoms with van der Waals surface area (Å²) in [5, 5.41) is 0.629. The lowest BCUT2D eigenvalue weighted by Gasteiger charge is -2.19. The summed E-state index contributed by atoms with van der Waals surface area (Å²) in [6.07, 6.45) is 0. The second kappa shape index (κ2) is 6.21. The largest absolute Gasteiger partial charge is 0.455 e. The predicted octanol–water partition coefficient (Wildman–Crippen LogP) is 3.35. The molecule has 16 heavy (non-hydrogen) atoms. The molecule has 0 N–H and O–H groups in total. The monoisotopic (exact) mass is 307 g/mol. The van der Waals surface area contributed by atoms with E-state index in [1.54, 1.807) is 12.1 Å². The first-order valence-corrected chi connectivity index (χ1v) is 5.80. The molecule has 0 unspecified atom stereocenters. The molecule has 0 fully saturated rings. The van der Waals surface area contributed by atoms with Crippen molar-refractivity contribution >= 4 is 34.3 Å². The molecule has 0 atom stereocenters. The molecule has 5 heteroatoms. The van der Waals surface area contributed by atoms with Gasteiger partial charge in [0.15, 0.2) is 0 Å². The highest BCUT2D eigenvalue weighted by molar-refractivity contribution is 9.08. The quantitative estimate of drug-likeness (QED) is 0.621. The molecular formula is C11H15BrClNO2. The Kier molecular flexibility index (Phi) is 5.97. The molecule has 0 amide bonds. The molecule has 0 saturated heterocycles. The lowest BCUT2D eigenvalue weighted by molar-refractivity contribution is 0.00626. The highest BCUT2D eigenvalue weighted by atomic mass is 79.9. The van der Waals surface area contributed by atoms with Gasteiger partial charge in [-0.05, 0) is 32.9 Å². The Balaban J connectivity index is 0.00000225. The van der Waals surface area contributed by atoms with Crippen LogP contribution in [0.25, 0.3) is 0 Å². The van der Waals surface area contributed by atoms with Crippen molar-refractivity contribution in [3.05, 3.63) is 29.6 Å². The van der Waals surface area contributed by atoms with E-state index in [2.05, 4.69) is 20.9 Å². The molecule has 0 bridgehead atoms. The van der Waals surface area contributed by atoms with Gasteiger partial charge in [-0.2, -0.15) is 0 Å². The fourth-order valence-corrected chi connectivity index (χ4v) is 1.31. The van der Waals surface area contributed by atoms with Crippen LogP contribution in [-0.4, -0.2) is 16.6 Å². The first-order chi connectivity index (χ1) is 6.92. The third kappa shape index (κ3) is 4.94. The zero-order chi connectivity index (χ0) is 11.5. The Morgan fingerprint density at radius 3 is 2.56 bits per heavy atom. The molecule has 0 aromatic carbocycles. The summed E-state index contributed by atoms with van der Waals surface area (Å²) in [4.78, 5) is 15.8. The molecule has 0 aliphatic heterocycles. The maximum atomic E-state index is 11.6. The molecule has 0 spiro atoms. The number of halogens is 2. The van der Waals surface area contributed by atoms with Gasteiger partial charge in [0.2, 0.25) is 0 Å². The molecule has 0 aliphatic carbocycles. The van der Waals surface area contributed by atoms with Crippen molar-refractivity contribution in [2.45, 2.75) is 31.7 Å². The van der Waals surface area contributed by atoms with Crippen molar-refractivity contribution in [3.8, 4) is 0 Å². The van der Waals surface area contributed by atoms with Crippen molar-refractivity contribution < 1.29 is 9.53 Å². The molecule has 1 aromatic rings. The minimum absolute atomic E-state index is 0. The van der Waals surface area contributed by atoms with E-state index in [1.165, 1.54) is 0 Å². The van der Waals surface area contributed by atoms with E-state index < -0.39 is 5.60 Å². The average molecular weight is 309 g/mol. The number of ether oxygens (including phenoxy) is 1. The van der Waals surface area contributed by atoms with Gasteiger partial charge in [0.25, 0.3) is 0 Å². The summed E-state index contributed by atoms with van der Waals surface area (Å²) in [7, 11) is 0. The summed E-state index contributed by atoms with van der Waals surface area (Å²) in [5.74, 6) is -0.384. The Morgan fingerprint density at radius 2 is 2.06 bits per heavy atom. The topological polar surface area (TPSA) is 39.2 Å². The number of nitrogens with zero attached hydrogens (tertiary/aromatic N) is 1. The number of hydrogen-bond donors (Lipinski definition) is 0. The van der Waals surface area contributed by atoms with Crippen LogP contribution in [0.4, 0.5) is 0 Å². The van der Waals surface area contributed by atoms with Crippen molar-refractivity contribution in [3.63, 3.8) is 0 Å². The highest BCUT2D eigenvalue weighted by Crippen LogP contribution is 2.11.